The van der Waals surface area contributed by atoms with Crippen molar-refractivity contribution < 1.29 is 14.4 Å². The summed E-state index contributed by atoms with van der Waals surface area (Å²) < 4.78 is 0. The number of hydrogen-bond donors (Lipinski definition) is 3. The van der Waals surface area contributed by atoms with E-state index in [-0.39, 0.29) is 5.71 Å². The van der Waals surface area contributed by atoms with Crippen LogP contribution in [0.2, 0.25) is 0 Å². The SMILES string of the molecule is CN/N=C1\C(=O)NC(=O)[C@@H]1C(N)=O. The second-order valence-corrected chi connectivity index (χ2v) is 2.37. The van der Waals surface area contributed by atoms with Gasteiger partial charge in [0.15, 0.2) is 5.92 Å². The molecular formula is C6H8N4O3. The number of carbonyl (C=O) groups is 3. The van der Waals surface area contributed by atoms with Crippen LogP contribution in [-0.2, 0) is 14.4 Å². The quantitative estimate of drug-likeness (QED) is 0.246. The van der Waals surface area contributed by atoms with Gasteiger partial charge in [-0.3, -0.25) is 19.7 Å². The van der Waals surface area contributed by atoms with Gasteiger partial charge in [0.05, 0.1) is 0 Å². The Kier molecular flexibility index (Phi) is 2.27. The third-order valence-electron chi connectivity index (χ3n) is 1.52. The molecule has 0 aromatic heterocycles. The van der Waals surface area contributed by atoms with Gasteiger partial charge in [0.1, 0.15) is 5.71 Å². The molecule has 1 rings (SSSR count). The van der Waals surface area contributed by atoms with Crippen LogP contribution in [0.15, 0.2) is 5.10 Å². The second-order valence-electron chi connectivity index (χ2n) is 2.37. The molecular weight excluding hydrogens is 176 g/mol. The summed E-state index contributed by atoms with van der Waals surface area (Å²) in [5.41, 5.74) is 7.03. The molecule has 0 unspecified atom stereocenters. The Hall–Kier alpha value is -1.92. The third-order valence-corrected chi connectivity index (χ3v) is 1.52. The maximum absolute atomic E-state index is 11.0. The standard InChI is InChI=1S/C6H8N4O3/c1-8-10-3-2(4(7)11)5(12)9-6(3)13/h2,8H,1H3,(H2,7,11)(H,9,12,13)/b10-3-/t2-/m0/s1. The first-order chi connectivity index (χ1) is 6.07. The molecule has 13 heavy (non-hydrogen) atoms. The molecule has 1 atom stereocenters. The van der Waals surface area contributed by atoms with Gasteiger partial charge in [-0.15, -0.1) is 0 Å². The summed E-state index contributed by atoms with van der Waals surface area (Å²) in [6.45, 7) is 0. The van der Waals surface area contributed by atoms with Crippen molar-refractivity contribution in [2.24, 2.45) is 16.8 Å². The van der Waals surface area contributed by atoms with E-state index in [1.165, 1.54) is 7.05 Å². The number of carbonyl (C=O) groups excluding carboxylic acids is 3. The van der Waals surface area contributed by atoms with Gasteiger partial charge < -0.3 is 11.2 Å². The average molecular weight is 184 g/mol. The first-order valence-electron chi connectivity index (χ1n) is 3.46. The summed E-state index contributed by atoms with van der Waals surface area (Å²) >= 11 is 0. The van der Waals surface area contributed by atoms with Crippen molar-refractivity contribution in [1.82, 2.24) is 10.7 Å². The van der Waals surface area contributed by atoms with E-state index in [0.717, 1.165) is 0 Å². The second kappa shape index (κ2) is 3.21. The maximum atomic E-state index is 11.0. The summed E-state index contributed by atoms with van der Waals surface area (Å²) in [6, 6.07) is 0. The molecule has 3 amide bonds. The van der Waals surface area contributed by atoms with Crippen LogP contribution in [0.25, 0.3) is 0 Å². The lowest BCUT2D eigenvalue weighted by atomic mass is 10.1. The van der Waals surface area contributed by atoms with Crippen LogP contribution in [0, 0.1) is 5.92 Å². The van der Waals surface area contributed by atoms with E-state index in [4.69, 9.17) is 5.73 Å². The monoisotopic (exact) mass is 184 g/mol. The van der Waals surface area contributed by atoms with Gasteiger partial charge in [-0.1, -0.05) is 0 Å². The molecule has 0 spiro atoms. The van der Waals surface area contributed by atoms with Crippen LogP contribution in [0.4, 0.5) is 0 Å². The molecule has 0 radical (unpaired) electrons. The number of nitrogens with zero attached hydrogens (tertiary/aromatic N) is 1. The highest BCUT2D eigenvalue weighted by atomic mass is 16.2. The fourth-order valence-corrected chi connectivity index (χ4v) is 1.00. The minimum atomic E-state index is -1.28. The molecule has 4 N–H and O–H groups in total. The van der Waals surface area contributed by atoms with Crippen molar-refractivity contribution in [2.75, 3.05) is 7.05 Å². The number of nitrogens with two attached hydrogens (primary N) is 1. The topological polar surface area (TPSA) is 114 Å². The van der Waals surface area contributed by atoms with Crippen molar-refractivity contribution in [3.8, 4) is 0 Å². The van der Waals surface area contributed by atoms with E-state index in [0.29, 0.717) is 0 Å². The van der Waals surface area contributed by atoms with Gasteiger partial charge in [-0.2, -0.15) is 5.10 Å². The first kappa shape index (κ1) is 9.17. The van der Waals surface area contributed by atoms with Gasteiger partial charge in [0.2, 0.25) is 11.8 Å². The summed E-state index contributed by atoms with van der Waals surface area (Å²) in [6.07, 6.45) is 0. The number of hydrogen-bond acceptors (Lipinski definition) is 5. The lowest BCUT2D eigenvalue weighted by Crippen LogP contribution is -2.34. The zero-order valence-corrected chi connectivity index (χ0v) is 6.83. The predicted molar refractivity (Wildman–Crippen MR) is 42.3 cm³/mol. The Morgan fingerprint density at radius 1 is 1.62 bits per heavy atom. The molecule has 1 aliphatic rings. The number of hydrazone groups is 1. The third kappa shape index (κ3) is 1.48. The minimum absolute atomic E-state index is 0.194. The summed E-state index contributed by atoms with van der Waals surface area (Å²) in [7, 11) is 1.45. The molecule has 7 heteroatoms. The van der Waals surface area contributed by atoms with Crippen LogP contribution in [0.5, 0.6) is 0 Å². The van der Waals surface area contributed by atoms with E-state index in [1.807, 2.05) is 5.32 Å². The van der Waals surface area contributed by atoms with Crippen LogP contribution in [0.1, 0.15) is 0 Å². The number of amides is 3. The van der Waals surface area contributed by atoms with E-state index in [9.17, 15) is 14.4 Å². The fraction of sp³-hybridized carbons (Fsp3) is 0.333. The Morgan fingerprint density at radius 3 is 2.69 bits per heavy atom. The average Bonchev–Trinajstić information content (AvgIpc) is 2.27. The maximum Gasteiger partial charge on any atom is 0.275 e. The first-order valence-corrected chi connectivity index (χ1v) is 3.46. The van der Waals surface area contributed by atoms with Crippen LogP contribution < -0.4 is 16.5 Å². The van der Waals surface area contributed by atoms with Crippen LogP contribution >= 0.6 is 0 Å². The molecule has 0 aliphatic carbocycles. The highest BCUT2D eigenvalue weighted by molar-refractivity contribution is 6.54. The molecule has 7 nitrogen and oxygen atoms in total. The minimum Gasteiger partial charge on any atom is -0.369 e. The fourth-order valence-electron chi connectivity index (χ4n) is 1.00. The summed E-state index contributed by atoms with van der Waals surface area (Å²) in [5.74, 6) is -3.59. The molecule has 70 valence electrons. The van der Waals surface area contributed by atoms with Crippen molar-refractivity contribution in [2.45, 2.75) is 0 Å². The van der Waals surface area contributed by atoms with Gasteiger partial charge in [-0.05, 0) is 0 Å². The van der Waals surface area contributed by atoms with Crippen molar-refractivity contribution >= 4 is 23.4 Å². The predicted octanol–water partition coefficient (Wildman–Crippen LogP) is -2.68. The van der Waals surface area contributed by atoms with E-state index in [1.54, 1.807) is 0 Å². The number of nitrogens with one attached hydrogen (secondary N) is 2. The van der Waals surface area contributed by atoms with E-state index >= 15 is 0 Å². The number of imide groups is 1. The summed E-state index contributed by atoms with van der Waals surface area (Å²) in [4.78, 5) is 32.7. The normalized spacial score (nSPS) is 24.7. The van der Waals surface area contributed by atoms with Crippen molar-refractivity contribution in [1.29, 1.82) is 0 Å². The van der Waals surface area contributed by atoms with Crippen molar-refractivity contribution in [3.63, 3.8) is 0 Å². The molecule has 1 aliphatic heterocycles. The van der Waals surface area contributed by atoms with Crippen LogP contribution in [-0.4, -0.2) is 30.5 Å². The Bertz CT molecular complexity index is 309. The molecule has 0 bridgehead atoms. The zero-order valence-electron chi connectivity index (χ0n) is 6.83. The number of rotatable bonds is 2. The van der Waals surface area contributed by atoms with Gasteiger partial charge in [0, 0.05) is 7.05 Å². The molecule has 1 saturated heterocycles. The Morgan fingerprint density at radius 2 is 2.23 bits per heavy atom. The highest BCUT2D eigenvalue weighted by Crippen LogP contribution is 2.07. The smallest absolute Gasteiger partial charge is 0.275 e. The highest BCUT2D eigenvalue weighted by Gasteiger charge is 2.42. The largest absolute Gasteiger partial charge is 0.369 e. The summed E-state index contributed by atoms with van der Waals surface area (Å²) in [5, 5.41) is 5.42. The van der Waals surface area contributed by atoms with E-state index < -0.39 is 23.6 Å². The molecule has 1 fully saturated rings. The van der Waals surface area contributed by atoms with Gasteiger partial charge >= 0.3 is 0 Å². The molecule has 0 aromatic rings. The lowest BCUT2D eigenvalue weighted by Gasteiger charge is -1.99. The number of primary amides is 1. The Balaban J connectivity index is 3.04. The zero-order chi connectivity index (χ0) is 10.0. The molecule has 1 heterocycles. The Labute approximate surface area is 73.3 Å². The van der Waals surface area contributed by atoms with Crippen LogP contribution in [0.3, 0.4) is 0 Å². The lowest BCUT2D eigenvalue weighted by molar-refractivity contribution is -0.130. The molecule has 0 aromatic carbocycles. The van der Waals surface area contributed by atoms with Crippen molar-refractivity contribution in [3.05, 3.63) is 0 Å². The molecule has 0 saturated carbocycles. The van der Waals surface area contributed by atoms with Gasteiger partial charge in [-0.25, -0.2) is 0 Å². The van der Waals surface area contributed by atoms with E-state index in [2.05, 4.69) is 10.5 Å². The van der Waals surface area contributed by atoms with Gasteiger partial charge in [0.25, 0.3) is 5.91 Å².